The van der Waals surface area contributed by atoms with E-state index in [0.717, 1.165) is 35.9 Å². The molecule has 2 heterocycles. The minimum Gasteiger partial charge on any atom is -0.484 e. The quantitative estimate of drug-likeness (QED) is 0.833. The van der Waals surface area contributed by atoms with Crippen molar-refractivity contribution in [2.75, 3.05) is 7.05 Å². The Morgan fingerprint density at radius 2 is 2.20 bits per heavy atom. The van der Waals surface area contributed by atoms with E-state index in [1.54, 1.807) is 6.33 Å². The maximum atomic E-state index is 5.85. The molecule has 0 radical (unpaired) electrons. The number of nitrogens with one attached hydrogen (secondary N) is 1. The van der Waals surface area contributed by atoms with Crippen LogP contribution in [0.25, 0.3) is 0 Å². The Morgan fingerprint density at radius 1 is 1.35 bits per heavy atom. The van der Waals surface area contributed by atoms with Gasteiger partial charge in [-0.25, -0.2) is 9.67 Å². The molecule has 20 heavy (non-hydrogen) atoms. The molecule has 0 saturated heterocycles. The molecule has 2 aromatic heterocycles. The lowest BCUT2D eigenvalue weighted by Gasteiger charge is -2.11. The van der Waals surface area contributed by atoms with Crippen LogP contribution in [0.15, 0.2) is 18.5 Å². The van der Waals surface area contributed by atoms with E-state index in [0.29, 0.717) is 13.2 Å². The molecule has 0 fully saturated rings. The van der Waals surface area contributed by atoms with E-state index in [2.05, 4.69) is 27.3 Å². The Morgan fingerprint density at radius 3 is 2.95 bits per heavy atom. The van der Waals surface area contributed by atoms with Crippen molar-refractivity contribution in [1.29, 1.82) is 0 Å². The van der Waals surface area contributed by atoms with Crippen molar-refractivity contribution in [3.8, 4) is 5.75 Å². The third-order valence-electron chi connectivity index (χ3n) is 2.90. The smallest absolute Gasteiger partial charge is 0.164 e. The molecule has 0 bridgehead atoms. The summed E-state index contributed by atoms with van der Waals surface area (Å²) >= 11 is 0. The standard InChI is InChI=1S/C14H21N5O/c1-4-7-19-14(16-10-17-19)9-20-13-6-5-11(2)18-12(13)8-15-3/h5-6,10,15H,4,7-9H2,1-3H3. The van der Waals surface area contributed by atoms with Crippen LogP contribution >= 0.6 is 0 Å². The van der Waals surface area contributed by atoms with Crippen molar-refractivity contribution in [1.82, 2.24) is 25.1 Å². The van der Waals surface area contributed by atoms with Crippen molar-refractivity contribution in [2.24, 2.45) is 0 Å². The third kappa shape index (κ3) is 3.54. The van der Waals surface area contributed by atoms with Crippen LogP contribution in [0.1, 0.15) is 30.6 Å². The van der Waals surface area contributed by atoms with Crippen molar-refractivity contribution < 1.29 is 4.74 Å². The van der Waals surface area contributed by atoms with Gasteiger partial charge >= 0.3 is 0 Å². The fraction of sp³-hybridized carbons (Fsp3) is 0.500. The van der Waals surface area contributed by atoms with Crippen LogP contribution in [-0.2, 0) is 19.7 Å². The van der Waals surface area contributed by atoms with E-state index in [-0.39, 0.29) is 0 Å². The molecule has 0 aliphatic carbocycles. The van der Waals surface area contributed by atoms with E-state index in [1.165, 1.54) is 0 Å². The second-order valence-electron chi connectivity index (χ2n) is 4.62. The average Bonchev–Trinajstić information content (AvgIpc) is 2.86. The first-order valence-corrected chi connectivity index (χ1v) is 6.85. The summed E-state index contributed by atoms with van der Waals surface area (Å²) in [5.41, 5.74) is 1.89. The second-order valence-corrected chi connectivity index (χ2v) is 4.62. The largest absolute Gasteiger partial charge is 0.484 e. The Balaban J connectivity index is 2.08. The van der Waals surface area contributed by atoms with Crippen molar-refractivity contribution in [3.63, 3.8) is 0 Å². The molecule has 0 saturated carbocycles. The summed E-state index contributed by atoms with van der Waals surface area (Å²) in [5, 5.41) is 7.29. The number of hydrogen-bond acceptors (Lipinski definition) is 5. The predicted molar refractivity (Wildman–Crippen MR) is 76.4 cm³/mol. The van der Waals surface area contributed by atoms with E-state index >= 15 is 0 Å². The van der Waals surface area contributed by atoms with Gasteiger partial charge in [0.25, 0.3) is 0 Å². The Bertz CT molecular complexity index is 552. The van der Waals surface area contributed by atoms with E-state index in [4.69, 9.17) is 4.74 Å². The number of pyridine rings is 1. The van der Waals surface area contributed by atoms with Gasteiger partial charge in [-0.2, -0.15) is 5.10 Å². The van der Waals surface area contributed by atoms with Gasteiger partial charge in [0.1, 0.15) is 18.7 Å². The van der Waals surface area contributed by atoms with Gasteiger partial charge in [0, 0.05) is 18.8 Å². The van der Waals surface area contributed by atoms with Crippen LogP contribution < -0.4 is 10.1 Å². The van der Waals surface area contributed by atoms with Gasteiger partial charge in [0.15, 0.2) is 5.82 Å². The molecule has 1 N–H and O–H groups in total. The molecule has 0 aliphatic heterocycles. The first kappa shape index (κ1) is 14.5. The molecular weight excluding hydrogens is 254 g/mol. The van der Waals surface area contributed by atoms with Crippen LogP contribution in [0.5, 0.6) is 5.75 Å². The second kappa shape index (κ2) is 7.00. The molecule has 6 nitrogen and oxygen atoms in total. The first-order valence-electron chi connectivity index (χ1n) is 6.85. The van der Waals surface area contributed by atoms with Gasteiger partial charge in [-0.15, -0.1) is 0 Å². The van der Waals surface area contributed by atoms with Crippen LogP contribution in [-0.4, -0.2) is 26.8 Å². The molecule has 0 amide bonds. The van der Waals surface area contributed by atoms with Gasteiger partial charge < -0.3 is 10.1 Å². The molecule has 0 atom stereocenters. The van der Waals surface area contributed by atoms with Gasteiger partial charge in [0.05, 0.1) is 5.69 Å². The number of rotatable bonds is 7. The molecule has 2 aromatic rings. The zero-order chi connectivity index (χ0) is 14.4. The average molecular weight is 275 g/mol. The van der Waals surface area contributed by atoms with Crippen molar-refractivity contribution in [2.45, 2.75) is 40.0 Å². The zero-order valence-electron chi connectivity index (χ0n) is 12.3. The third-order valence-corrected chi connectivity index (χ3v) is 2.90. The lowest BCUT2D eigenvalue weighted by molar-refractivity contribution is 0.281. The van der Waals surface area contributed by atoms with Crippen LogP contribution in [0.2, 0.25) is 0 Å². The summed E-state index contributed by atoms with van der Waals surface area (Å²) in [6, 6.07) is 3.90. The SMILES string of the molecule is CCCn1ncnc1COc1ccc(C)nc1CNC. The van der Waals surface area contributed by atoms with E-state index in [9.17, 15) is 0 Å². The Labute approximate surface area is 119 Å². The highest BCUT2D eigenvalue weighted by atomic mass is 16.5. The summed E-state index contributed by atoms with van der Waals surface area (Å²) < 4.78 is 7.72. The molecule has 0 spiro atoms. The molecule has 0 aromatic carbocycles. The number of aromatic nitrogens is 4. The normalized spacial score (nSPS) is 10.8. The zero-order valence-corrected chi connectivity index (χ0v) is 12.3. The maximum absolute atomic E-state index is 5.85. The topological polar surface area (TPSA) is 64.9 Å². The fourth-order valence-electron chi connectivity index (χ4n) is 1.96. The van der Waals surface area contributed by atoms with Gasteiger partial charge in [-0.3, -0.25) is 4.98 Å². The fourth-order valence-corrected chi connectivity index (χ4v) is 1.96. The van der Waals surface area contributed by atoms with Crippen molar-refractivity contribution in [3.05, 3.63) is 35.7 Å². The van der Waals surface area contributed by atoms with Gasteiger partial charge in [-0.05, 0) is 32.5 Å². The molecule has 0 aliphatic rings. The van der Waals surface area contributed by atoms with Crippen LogP contribution in [0, 0.1) is 6.92 Å². The number of nitrogens with zero attached hydrogens (tertiary/aromatic N) is 4. The molecule has 0 unspecified atom stereocenters. The highest BCUT2D eigenvalue weighted by Gasteiger charge is 2.08. The molecule has 108 valence electrons. The summed E-state index contributed by atoms with van der Waals surface area (Å²) in [4.78, 5) is 8.73. The van der Waals surface area contributed by atoms with E-state index < -0.39 is 0 Å². The van der Waals surface area contributed by atoms with Crippen LogP contribution in [0.3, 0.4) is 0 Å². The summed E-state index contributed by atoms with van der Waals surface area (Å²) in [6.45, 7) is 6.02. The lowest BCUT2D eigenvalue weighted by Crippen LogP contribution is -2.12. The monoisotopic (exact) mass is 275 g/mol. The van der Waals surface area contributed by atoms with Gasteiger partial charge in [-0.1, -0.05) is 6.92 Å². The minimum atomic E-state index is 0.404. The Hall–Kier alpha value is -1.95. The number of ether oxygens (including phenoxy) is 1. The maximum Gasteiger partial charge on any atom is 0.164 e. The minimum absolute atomic E-state index is 0.404. The van der Waals surface area contributed by atoms with E-state index in [1.807, 2.05) is 30.8 Å². The highest BCUT2D eigenvalue weighted by Crippen LogP contribution is 2.18. The van der Waals surface area contributed by atoms with Gasteiger partial charge in [0.2, 0.25) is 0 Å². The summed E-state index contributed by atoms with van der Waals surface area (Å²) in [6.07, 6.45) is 2.59. The van der Waals surface area contributed by atoms with Crippen LogP contribution in [0.4, 0.5) is 0 Å². The molecule has 2 rings (SSSR count). The summed E-state index contributed by atoms with van der Waals surface area (Å²) in [5.74, 6) is 1.62. The number of hydrogen-bond donors (Lipinski definition) is 1. The number of aryl methyl sites for hydroxylation is 2. The first-order chi connectivity index (χ1) is 9.74. The molecular formula is C14H21N5O. The highest BCUT2D eigenvalue weighted by molar-refractivity contribution is 5.29. The predicted octanol–water partition coefficient (Wildman–Crippen LogP) is 1.69. The lowest BCUT2D eigenvalue weighted by atomic mass is 10.3. The Kier molecular flexibility index (Phi) is 5.06. The van der Waals surface area contributed by atoms with Crippen molar-refractivity contribution >= 4 is 0 Å². The summed E-state index contributed by atoms with van der Waals surface area (Å²) in [7, 11) is 1.89. The molecule has 6 heteroatoms.